The molecule has 2 nitrogen and oxygen atoms in total. The Bertz CT molecular complexity index is 107. The maximum atomic E-state index is 4.81. The van der Waals surface area contributed by atoms with Gasteiger partial charge in [0.15, 0.2) is 0 Å². The summed E-state index contributed by atoms with van der Waals surface area (Å²) in [5, 5.41) is 3.78. The Kier molecular flexibility index (Phi) is 4.88. The van der Waals surface area contributed by atoms with E-state index in [0.717, 1.165) is 12.1 Å². The molecule has 0 rings (SSSR count). The predicted octanol–water partition coefficient (Wildman–Crippen LogP) is 1.97. The zero-order valence-corrected chi connectivity index (χ0v) is 6.05. The van der Waals surface area contributed by atoms with E-state index in [0.29, 0.717) is 6.61 Å². The van der Waals surface area contributed by atoms with Crippen LogP contribution in [0.2, 0.25) is 0 Å². The SMILES string of the molecule is C=CCO/N=C(/C)CC. The molecule has 0 aromatic rings. The molecule has 0 aliphatic heterocycles. The van der Waals surface area contributed by atoms with Crippen molar-refractivity contribution in [2.24, 2.45) is 5.16 Å². The summed E-state index contributed by atoms with van der Waals surface area (Å²) >= 11 is 0. The standard InChI is InChI=1S/C7H13NO/c1-4-6-9-8-7(3)5-2/h4H,1,5-6H2,2-3H3/b8-7-. The summed E-state index contributed by atoms with van der Waals surface area (Å²) in [6, 6.07) is 0. The molecule has 0 saturated heterocycles. The molecular formula is C7H13NO. The maximum Gasteiger partial charge on any atom is 0.135 e. The third-order valence-electron chi connectivity index (χ3n) is 0.924. The summed E-state index contributed by atoms with van der Waals surface area (Å²) in [5.41, 5.74) is 1.01. The largest absolute Gasteiger partial charge is 0.392 e. The highest BCUT2D eigenvalue weighted by atomic mass is 16.6. The Hall–Kier alpha value is -0.790. The van der Waals surface area contributed by atoms with Gasteiger partial charge in [-0.2, -0.15) is 0 Å². The average Bonchev–Trinajstić information content (AvgIpc) is 1.89. The van der Waals surface area contributed by atoms with Crippen molar-refractivity contribution >= 4 is 5.71 Å². The Morgan fingerprint density at radius 1 is 1.78 bits per heavy atom. The van der Waals surface area contributed by atoms with Crippen molar-refractivity contribution in [3.63, 3.8) is 0 Å². The second-order valence-corrected chi connectivity index (χ2v) is 1.76. The highest BCUT2D eigenvalue weighted by molar-refractivity contribution is 5.80. The molecule has 0 atom stereocenters. The van der Waals surface area contributed by atoms with Crippen LogP contribution in [0.25, 0.3) is 0 Å². The summed E-state index contributed by atoms with van der Waals surface area (Å²) in [6.07, 6.45) is 2.61. The number of nitrogens with zero attached hydrogens (tertiary/aromatic N) is 1. The van der Waals surface area contributed by atoms with Gasteiger partial charge in [-0.1, -0.05) is 24.7 Å². The molecule has 0 aliphatic rings. The van der Waals surface area contributed by atoms with Gasteiger partial charge in [-0.3, -0.25) is 0 Å². The third kappa shape index (κ3) is 5.07. The highest BCUT2D eigenvalue weighted by Crippen LogP contribution is 1.85. The van der Waals surface area contributed by atoms with Crippen molar-refractivity contribution in [3.05, 3.63) is 12.7 Å². The minimum atomic E-state index is 0.497. The minimum absolute atomic E-state index is 0.497. The van der Waals surface area contributed by atoms with E-state index in [2.05, 4.69) is 11.7 Å². The van der Waals surface area contributed by atoms with Crippen LogP contribution in [0.1, 0.15) is 20.3 Å². The monoisotopic (exact) mass is 127 g/mol. The first kappa shape index (κ1) is 8.21. The predicted molar refractivity (Wildman–Crippen MR) is 39.5 cm³/mol. The van der Waals surface area contributed by atoms with Crippen LogP contribution in [0.3, 0.4) is 0 Å². The van der Waals surface area contributed by atoms with Crippen molar-refractivity contribution in [1.29, 1.82) is 0 Å². The van der Waals surface area contributed by atoms with Gasteiger partial charge in [-0.15, -0.1) is 0 Å². The molecule has 0 aromatic carbocycles. The van der Waals surface area contributed by atoms with Crippen LogP contribution in [0.15, 0.2) is 17.8 Å². The highest BCUT2D eigenvalue weighted by Gasteiger charge is 1.82. The van der Waals surface area contributed by atoms with Gasteiger partial charge in [0.1, 0.15) is 6.61 Å². The van der Waals surface area contributed by atoms with Gasteiger partial charge < -0.3 is 4.84 Å². The Balaban J connectivity index is 3.31. The first-order valence-electron chi connectivity index (χ1n) is 3.07. The van der Waals surface area contributed by atoms with Crippen molar-refractivity contribution in [3.8, 4) is 0 Å². The van der Waals surface area contributed by atoms with Crippen LogP contribution in [0.5, 0.6) is 0 Å². The molecule has 0 aromatic heterocycles. The van der Waals surface area contributed by atoms with E-state index in [1.165, 1.54) is 0 Å². The van der Waals surface area contributed by atoms with Gasteiger partial charge >= 0.3 is 0 Å². The lowest BCUT2D eigenvalue weighted by Gasteiger charge is -1.93. The van der Waals surface area contributed by atoms with Crippen molar-refractivity contribution < 1.29 is 4.84 Å². The Labute approximate surface area is 56.2 Å². The molecule has 0 fully saturated rings. The summed E-state index contributed by atoms with van der Waals surface area (Å²) < 4.78 is 0. The average molecular weight is 127 g/mol. The third-order valence-corrected chi connectivity index (χ3v) is 0.924. The molecule has 0 aliphatic carbocycles. The molecule has 0 spiro atoms. The number of hydrogen-bond donors (Lipinski definition) is 0. The lowest BCUT2D eigenvalue weighted by Crippen LogP contribution is -1.90. The van der Waals surface area contributed by atoms with Gasteiger partial charge in [-0.05, 0) is 13.3 Å². The molecule has 0 amide bonds. The summed E-state index contributed by atoms with van der Waals surface area (Å²) in [5.74, 6) is 0. The van der Waals surface area contributed by atoms with Crippen LogP contribution >= 0.6 is 0 Å². The minimum Gasteiger partial charge on any atom is -0.392 e. The van der Waals surface area contributed by atoms with E-state index in [9.17, 15) is 0 Å². The van der Waals surface area contributed by atoms with Crippen LogP contribution in [0, 0.1) is 0 Å². The second kappa shape index (κ2) is 5.35. The fourth-order valence-electron chi connectivity index (χ4n) is 0.265. The first-order chi connectivity index (χ1) is 4.31. The summed E-state index contributed by atoms with van der Waals surface area (Å²) in [6.45, 7) is 7.96. The van der Waals surface area contributed by atoms with Crippen LogP contribution < -0.4 is 0 Å². The summed E-state index contributed by atoms with van der Waals surface area (Å²) in [4.78, 5) is 4.81. The first-order valence-corrected chi connectivity index (χ1v) is 3.07. The number of oxime groups is 1. The van der Waals surface area contributed by atoms with E-state index >= 15 is 0 Å². The van der Waals surface area contributed by atoms with Crippen molar-refractivity contribution in [2.75, 3.05) is 6.61 Å². The second-order valence-electron chi connectivity index (χ2n) is 1.76. The zero-order valence-electron chi connectivity index (χ0n) is 6.05. The molecule has 0 unspecified atom stereocenters. The van der Waals surface area contributed by atoms with E-state index < -0.39 is 0 Å². The molecule has 2 heteroatoms. The fraction of sp³-hybridized carbons (Fsp3) is 0.571. The summed E-state index contributed by atoms with van der Waals surface area (Å²) in [7, 11) is 0. The normalized spacial score (nSPS) is 11.1. The van der Waals surface area contributed by atoms with Crippen LogP contribution in [-0.2, 0) is 4.84 Å². The fourth-order valence-corrected chi connectivity index (χ4v) is 0.265. The smallest absolute Gasteiger partial charge is 0.135 e. The van der Waals surface area contributed by atoms with Gasteiger partial charge in [0.2, 0.25) is 0 Å². The van der Waals surface area contributed by atoms with Crippen molar-refractivity contribution in [1.82, 2.24) is 0 Å². The molecule has 52 valence electrons. The topological polar surface area (TPSA) is 21.6 Å². The lowest BCUT2D eigenvalue weighted by atomic mass is 10.3. The van der Waals surface area contributed by atoms with Crippen molar-refractivity contribution in [2.45, 2.75) is 20.3 Å². The van der Waals surface area contributed by atoms with E-state index in [-0.39, 0.29) is 0 Å². The molecule has 0 bridgehead atoms. The lowest BCUT2D eigenvalue weighted by molar-refractivity contribution is 0.174. The zero-order chi connectivity index (χ0) is 7.11. The molecule has 9 heavy (non-hydrogen) atoms. The van der Waals surface area contributed by atoms with Crippen LogP contribution in [0.4, 0.5) is 0 Å². The number of hydrogen-bond acceptors (Lipinski definition) is 2. The molecule has 0 radical (unpaired) electrons. The van der Waals surface area contributed by atoms with Gasteiger partial charge in [0.05, 0.1) is 5.71 Å². The van der Waals surface area contributed by atoms with E-state index in [1.807, 2.05) is 13.8 Å². The van der Waals surface area contributed by atoms with Gasteiger partial charge in [-0.25, -0.2) is 0 Å². The van der Waals surface area contributed by atoms with E-state index in [1.54, 1.807) is 6.08 Å². The Morgan fingerprint density at radius 2 is 2.44 bits per heavy atom. The maximum absolute atomic E-state index is 4.81. The van der Waals surface area contributed by atoms with Crippen LogP contribution in [-0.4, -0.2) is 12.3 Å². The van der Waals surface area contributed by atoms with Gasteiger partial charge in [0.25, 0.3) is 0 Å². The Morgan fingerprint density at radius 3 is 2.89 bits per heavy atom. The molecule has 0 heterocycles. The molecule has 0 N–H and O–H groups in total. The molecule has 0 saturated carbocycles. The number of rotatable bonds is 4. The van der Waals surface area contributed by atoms with E-state index in [4.69, 9.17) is 4.84 Å². The van der Waals surface area contributed by atoms with Gasteiger partial charge in [0, 0.05) is 0 Å². The molecular weight excluding hydrogens is 114 g/mol. The quantitative estimate of drug-likeness (QED) is 0.245.